The first-order valence-corrected chi connectivity index (χ1v) is 7.48. The molecule has 1 saturated carbocycles. The van der Waals surface area contributed by atoms with Gasteiger partial charge < -0.3 is 20.4 Å². The van der Waals surface area contributed by atoms with Crippen LogP contribution in [0.4, 0.5) is 0 Å². The smallest absolute Gasteiger partial charge is 0.355 e. The number of esters is 2. The van der Waals surface area contributed by atoms with Crippen LogP contribution in [0.2, 0.25) is 0 Å². The van der Waals surface area contributed by atoms with E-state index in [2.05, 4.69) is 4.74 Å². The van der Waals surface area contributed by atoms with Gasteiger partial charge in [-0.2, -0.15) is 0 Å². The Kier molecular flexibility index (Phi) is 4.22. The number of rotatable bonds is 5. The number of aromatic nitrogens is 1. The molecule has 0 saturated heterocycles. The van der Waals surface area contributed by atoms with Crippen molar-refractivity contribution in [3.05, 3.63) is 40.2 Å². The van der Waals surface area contributed by atoms with Gasteiger partial charge in [0.15, 0.2) is 5.56 Å². The van der Waals surface area contributed by atoms with Gasteiger partial charge in [-0.25, -0.2) is 4.79 Å². The van der Waals surface area contributed by atoms with Crippen LogP contribution in [0.3, 0.4) is 0 Å². The van der Waals surface area contributed by atoms with Gasteiger partial charge in [-0.1, -0.05) is 12.1 Å². The summed E-state index contributed by atoms with van der Waals surface area (Å²) in [5.74, 6) is -2.45. The number of para-hydroxylation sites is 1. The van der Waals surface area contributed by atoms with Gasteiger partial charge >= 0.3 is 17.5 Å². The summed E-state index contributed by atoms with van der Waals surface area (Å²) in [5.41, 5.74) is 3.86. The third kappa shape index (κ3) is 2.95. The molecule has 8 heteroatoms. The van der Waals surface area contributed by atoms with E-state index >= 15 is 0 Å². The van der Waals surface area contributed by atoms with Crippen molar-refractivity contribution in [2.75, 3.05) is 13.2 Å². The van der Waals surface area contributed by atoms with E-state index in [4.69, 9.17) is 10.6 Å². The molecule has 1 aromatic heterocycles. The fraction of sp³-hybridized carbons (Fsp3) is 0.312. The number of ether oxygens (including phenoxy) is 1. The van der Waals surface area contributed by atoms with Crippen LogP contribution in [0.5, 0.6) is 5.75 Å². The minimum Gasteiger partial charge on any atom is -0.506 e. The molecule has 1 aliphatic rings. The van der Waals surface area contributed by atoms with Gasteiger partial charge in [0.25, 0.3) is 0 Å². The molecule has 1 heterocycles. The molecule has 1 aromatic carbocycles. The van der Waals surface area contributed by atoms with E-state index in [9.17, 15) is 19.5 Å². The molecule has 3 N–H and O–H groups in total. The summed E-state index contributed by atoms with van der Waals surface area (Å²) in [6, 6.07) is 6.43. The van der Waals surface area contributed by atoms with E-state index in [0.717, 1.165) is 17.6 Å². The lowest BCUT2D eigenvalue weighted by Gasteiger charge is -2.14. The van der Waals surface area contributed by atoms with E-state index in [1.54, 1.807) is 18.2 Å². The monoisotopic (exact) mass is 332 g/mol. The standard InChI is InChI=1S/C16H16N2O6/c17-7-12(19)24-16(22)13-14(20)10-3-1-2-4-11(10)18(15(13)21)23-8-9-5-6-9/h1-4,9,20H,5-8,17H2. The van der Waals surface area contributed by atoms with Crippen LogP contribution in [-0.4, -0.2) is 34.9 Å². The number of aromatic hydroxyl groups is 1. The number of nitrogens with two attached hydrogens (primary N) is 1. The van der Waals surface area contributed by atoms with Crippen LogP contribution < -0.4 is 16.1 Å². The first-order valence-electron chi connectivity index (χ1n) is 7.48. The maximum absolute atomic E-state index is 12.6. The average Bonchev–Trinajstić information content (AvgIpc) is 3.39. The molecule has 0 aliphatic heterocycles. The van der Waals surface area contributed by atoms with Crippen LogP contribution in [0, 0.1) is 5.92 Å². The first-order chi connectivity index (χ1) is 11.5. The number of benzene rings is 1. The second-order valence-corrected chi connectivity index (χ2v) is 5.55. The van der Waals surface area contributed by atoms with E-state index in [-0.39, 0.29) is 5.39 Å². The Bertz CT molecular complexity index is 869. The van der Waals surface area contributed by atoms with E-state index < -0.39 is 35.4 Å². The molecule has 24 heavy (non-hydrogen) atoms. The van der Waals surface area contributed by atoms with Crippen LogP contribution in [0.25, 0.3) is 10.9 Å². The highest BCUT2D eigenvalue weighted by Gasteiger charge is 2.27. The highest BCUT2D eigenvalue weighted by Crippen LogP contribution is 2.29. The van der Waals surface area contributed by atoms with Gasteiger partial charge in [0.05, 0.1) is 12.1 Å². The van der Waals surface area contributed by atoms with Crippen LogP contribution in [-0.2, 0) is 9.53 Å². The molecule has 0 spiro atoms. The number of carbonyl (C=O) groups excluding carboxylic acids is 2. The van der Waals surface area contributed by atoms with Crippen molar-refractivity contribution in [1.82, 2.24) is 4.73 Å². The average molecular weight is 332 g/mol. The summed E-state index contributed by atoms with van der Waals surface area (Å²) in [5, 5.41) is 10.5. The van der Waals surface area contributed by atoms with Gasteiger partial charge in [-0.15, -0.1) is 4.73 Å². The summed E-state index contributed by atoms with van der Waals surface area (Å²) in [6.07, 6.45) is 2.04. The zero-order valence-corrected chi connectivity index (χ0v) is 12.7. The maximum atomic E-state index is 12.6. The molecule has 1 aliphatic carbocycles. The molecular weight excluding hydrogens is 316 g/mol. The van der Waals surface area contributed by atoms with Crippen molar-refractivity contribution >= 4 is 22.8 Å². The third-order valence-electron chi connectivity index (χ3n) is 3.73. The second kappa shape index (κ2) is 6.32. The summed E-state index contributed by atoms with van der Waals surface area (Å²) >= 11 is 0. The lowest BCUT2D eigenvalue weighted by atomic mass is 10.1. The van der Waals surface area contributed by atoms with E-state index in [0.29, 0.717) is 18.0 Å². The fourth-order valence-corrected chi connectivity index (χ4v) is 2.27. The van der Waals surface area contributed by atoms with Gasteiger partial charge in [-0.05, 0) is 30.9 Å². The molecule has 2 aromatic rings. The molecule has 3 rings (SSSR count). The van der Waals surface area contributed by atoms with Crippen molar-refractivity contribution < 1.29 is 24.3 Å². The van der Waals surface area contributed by atoms with Crippen molar-refractivity contribution in [3.63, 3.8) is 0 Å². The van der Waals surface area contributed by atoms with Crippen molar-refractivity contribution in [2.45, 2.75) is 12.8 Å². The third-order valence-corrected chi connectivity index (χ3v) is 3.73. The molecule has 0 radical (unpaired) electrons. The van der Waals surface area contributed by atoms with Crippen molar-refractivity contribution in [2.24, 2.45) is 11.7 Å². The normalized spacial score (nSPS) is 13.7. The maximum Gasteiger partial charge on any atom is 0.355 e. The summed E-state index contributed by atoms with van der Waals surface area (Å²) < 4.78 is 5.41. The van der Waals surface area contributed by atoms with E-state index in [1.165, 1.54) is 6.07 Å². The summed E-state index contributed by atoms with van der Waals surface area (Å²) in [7, 11) is 0. The van der Waals surface area contributed by atoms with Gasteiger partial charge in [0.1, 0.15) is 12.4 Å². The SMILES string of the molecule is NCC(=O)OC(=O)c1c(O)c2ccccc2n(OCC2CC2)c1=O. The number of pyridine rings is 1. The number of hydrogen-bond acceptors (Lipinski definition) is 7. The lowest BCUT2D eigenvalue weighted by molar-refractivity contribution is -0.136. The molecule has 0 amide bonds. The van der Waals surface area contributed by atoms with Crippen LogP contribution in [0.15, 0.2) is 29.1 Å². The van der Waals surface area contributed by atoms with Gasteiger partial charge in [0.2, 0.25) is 0 Å². The predicted molar refractivity (Wildman–Crippen MR) is 83.5 cm³/mol. The quantitative estimate of drug-likeness (QED) is 0.592. The molecule has 1 fully saturated rings. The minimum atomic E-state index is -1.26. The predicted octanol–water partition coefficient (Wildman–Crippen LogP) is 0.188. The van der Waals surface area contributed by atoms with Crippen LogP contribution >= 0.6 is 0 Å². The Morgan fingerprint density at radius 1 is 1.29 bits per heavy atom. The fourth-order valence-electron chi connectivity index (χ4n) is 2.27. The molecule has 0 unspecified atom stereocenters. The van der Waals surface area contributed by atoms with Crippen LogP contribution in [0.1, 0.15) is 23.2 Å². The van der Waals surface area contributed by atoms with Gasteiger partial charge in [-0.3, -0.25) is 9.59 Å². The summed E-state index contributed by atoms with van der Waals surface area (Å²) in [4.78, 5) is 41.4. The Morgan fingerprint density at radius 2 is 2.00 bits per heavy atom. The Hall–Kier alpha value is -2.87. The topological polar surface area (TPSA) is 121 Å². The van der Waals surface area contributed by atoms with Crippen molar-refractivity contribution in [1.29, 1.82) is 0 Å². The van der Waals surface area contributed by atoms with Crippen molar-refractivity contribution in [3.8, 4) is 5.75 Å². The second-order valence-electron chi connectivity index (χ2n) is 5.55. The number of hydrogen-bond donors (Lipinski definition) is 2. The first kappa shape index (κ1) is 16.0. The number of nitrogens with zero attached hydrogens (tertiary/aromatic N) is 1. The molecule has 126 valence electrons. The Balaban J connectivity index is 2.12. The molecular formula is C16H16N2O6. The number of fused-ring (bicyclic) bond motifs is 1. The zero-order chi connectivity index (χ0) is 17.3. The highest BCUT2D eigenvalue weighted by molar-refractivity contribution is 6.03. The van der Waals surface area contributed by atoms with E-state index in [1.807, 2.05) is 0 Å². The Morgan fingerprint density at radius 3 is 2.67 bits per heavy atom. The van der Waals surface area contributed by atoms with Gasteiger partial charge in [0, 0.05) is 5.39 Å². The Labute approximate surface area is 136 Å². The largest absolute Gasteiger partial charge is 0.506 e. The lowest BCUT2D eigenvalue weighted by Crippen LogP contribution is -2.34. The molecule has 0 atom stereocenters. The molecule has 0 bridgehead atoms. The molecule has 8 nitrogen and oxygen atoms in total. The number of carbonyl (C=O) groups is 2. The highest BCUT2D eigenvalue weighted by atomic mass is 16.7. The summed E-state index contributed by atoms with van der Waals surface area (Å²) in [6.45, 7) is -0.197. The minimum absolute atomic E-state index is 0.236. The zero-order valence-electron chi connectivity index (χ0n) is 12.7.